The van der Waals surface area contributed by atoms with Gasteiger partial charge in [0.05, 0.1) is 0 Å². The monoisotopic (exact) mass is 151 g/mol. The minimum atomic E-state index is 0.0185. The number of rotatable bonds is 2. The van der Waals surface area contributed by atoms with E-state index in [9.17, 15) is 4.79 Å². The van der Waals surface area contributed by atoms with Crippen LogP contribution in [0.15, 0.2) is 0 Å². The molecule has 0 saturated heterocycles. The summed E-state index contributed by atoms with van der Waals surface area (Å²) in [6, 6.07) is 0. The summed E-state index contributed by atoms with van der Waals surface area (Å²) >= 11 is 3.74. The maximum absolute atomic E-state index is 10.6. The molecular formula is C4H9NOS2. The summed E-state index contributed by atoms with van der Waals surface area (Å²) in [5, 5.41) is 0. The van der Waals surface area contributed by atoms with Gasteiger partial charge in [0, 0.05) is 16.9 Å². The van der Waals surface area contributed by atoms with Gasteiger partial charge in [0.2, 0.25) is 5.91 Å². The van der Waals surface area contributed by atoms with Gasteiger partial charge in [0.25, 0.3) is 0 Å². The zero-order valence-electron chi connectivity index (χ0n) is 4.84. The maximum Gasteiger partial charge on any atom is 0.232 e. The van der Waals surface area contributed by atoms with Crippen molar-refractivity contribution in [3.63, 3.8) is 0 Å². The summed E-state index contributed by atoms with van der Waals surface area (Å²) in [6.07, 6.45) is 0. The molecule has 0 fully saturated rings. The van der Waals surface area contributed by atoms with E-state index < -0.39 is 0 Å². The second-order valence-electron chi connectivity index (χ2n) is 1.71. The summed E-state index contributed by atoms with van der Waals surface area (Å²) in [4.78, 5) is 10.6. The van der Waals surface area contributed by atoms with E-state index in [-0.39, 0.29) is 11.8 Å². The molecule has 0 aromatic carbocycles. The molecule has 0 aliphatic rings. The third-order valence-corrected chi connectivity index (χ3v) is 1.24. The lowest BCUT2D eigenvalue weighted by molar-refractivity contribution is -0.121. The highest BCUT2D eigenvalue weighted by molar-refractivity contribution is 8.68. The highest BCUT2D eigenvalue weighted by Crippen LogP contribution is 2.00. The molecule has 8 heavy (non-hydrogen) atoms. The van der Waals surface area contributed by atoms with E-state index in [1.165, 1.54) is 0 Å². The van der Waals surface area contributed by atoms with Crippen LogP contribution in [0, 0.1) is 5.92 Å². The average molecular weight is 151 g/mol. The summed E-state index contributed by atoms with van der Waals surface area (Å²) < 4.78 is 2.49. The molecule has 1 amide bonds. The standard InChI is InChI=1S/C4H9NOS2/c1-3(2)4(6)5-8-7/h3,7H,1-2H3,(H,5,6). The lowest BCUT2D eigenvalue weighted by atomic mass is 10.2. The van der Waals surface area contributed by atoms with Crippen LogP contribution in [0.25, 0.3) is 0 Å². The minimum Gasteiger partial charge on any atom is -0.291 e. The van der Waals surface area contributed by atoms with Crippen LogP contribution in [0.1, 0.15) is 13.8 Å². The Balaban J connectivity index is 3.33. The molecule has 0 aromatic rings. The Labute approximate surface area is 58.4 Å². The van der Waals surface area contributed by atoms with Crippen molar-refractivity contribution in [2.75, 3.05) is 0 Å². The average Bonchev–Trinajstić information content (AvgIpc) is 1.67. The lowest BCUT2D eigenvalue weighted by Gasteiger charge is -2.00. The zero-order valence-corrected chi connectivity index (χ0v) is 6.55. The zero-order chi connectivity index (χ0) is 6.57. The molecule has 0 radical (unpaired) electrons. The molecule has 0 aliphatic heterocycles. The summed E-state index contributed by atoms with van der Waals surface area (Å²) in [7, 11) is 1.03. The van der Waals surface area contributed by atoms with E-state index in [0.717, 1.165) is 11.0 Å². The molecule has 1 N–H and O–H groups in total. The second-order valence-corrected chi connectivity index (χ2v) is 2.65. The molecule has 48 valence electrons. The SMILES string of the molecule is CC(C)C(=O)NSS. The van der Waals surface area contributed by atoms with Gasteiger partial charge in [-0.15, -0.1) is 0 Å². The van der Waals surface area contributed by atoms with Crippen LogP contribution in [0.3, 0.4) is 0 Å². The Kier molecular flexibility index (Phi) is 4.18. The van der Waals surface area contributed by atoms with Crippen molar-refractivity contribution < 1.29 is 4.79 Å². The van der Waals surface area contributed by atoms with Gasteiger partial charge in [-0.25, -0.2) is 0 Å². The van der Waals surface area contributed by atoms with Crippen LogP contribution in [-0.4, -0.2) is 5.91 Å². The number of nitrogens with one attached hydrogen (secondary N) is 1. The van der Waals surface area contributed by atoms with Crippen molar-refractivity contribution >= 4 is 28.5 Å². The fraction of sp³-hybridized carbons (Fsp3) is 0.750. The molecule has 0 spiro atoms. The van der Waals surface area contributed by atoms with Crippen molar-refractivity contribution in [1.82, 2.24) is 4.72 Å². The van der Waals surface area contributed by atoms with E-state index in [1.807, 2.05) is 13.8 Å². The summed E-state index contributed by atoms with van der Waals surface area (Å²) in [5.74, 6) is 0.0691. The van der Waals surface area contributed by atoms with Crippen molar-refractivity contribution in [3.8, 4) is 0 Å². The molecule has 4 heteroatoms. The summed E-state index contributed by atoms with van der Waals surface area (Å²) in [5.41, 5.74) is 0. The quantitative estimate of drug-likeness (QED) is 0.353. The Morgan fingerprint density at radius 3 is 2.38 bits per heavy atom. The van der Waals surface area contributed by atoms with Gasteiger partial charge in [-0.2, -0.15) is 0 Å². The van der Waals surface area contributed by atoms with Crippen molar-refractivity contribution in [2.24, 2.45) is 5.92 Å². The fourth-order valence-electron chi connectivity index (χ4n) is 0.163. The number of carbonyl (C=O) groups is 1. The smallest absolute Gasteiger partial charge is 0.232 e. The van der Waals surface area contributed by atoms with Crippen LogP contribution in [0.2, 0.25) is 0 Å². The Morgan fingerprint density at radius 2 is 2.25 bits per heavy atom. The van der Waals surface area contributed by atoms with Gasteiger partial charge < -0.3 is 0 Å². The van der Waals surface area contributed by atoms with Crippen LogP contribution >= 0.6 is 22.6 Å². The molecule has 0 aliphatic carbocycles. The minimum absolute atomic E-state index is 0.0185. The van der Waals surface area contributed by atoms with Crippen molar-refractivity contribution in [1.29, 1.82) is 0 Å². The number of thiol groups is 1. The van der Waals surface area contributed by atoms with Gasteiger partial charge in [-0.1, -0.05) is 25.5 Å². The highest BCUT2D eigenvalue weighted by atomic mass is 33.1. The Bertz CT molecular complexity index is 84.1. The topological polar surface area (TPSA) is 29.1 Å². The van der Waals surface area contributed by atoms with Crippen molar-refractivity contribution in [3.05, 3.63) is 0 Å². The van der Waals surface area contributed by atoms with Crippen LogP contribution in [0.4, 0.5) is 0 Å². The number of carbonyl (C=O) groups excluding carboxylic acids is 1. The van der Waals surface area contributed by atoms with Crippen LogP contribution in [0.5, 0.6) is 0 Å². The molecule has 0 atom stereocenters. The predicted molar refractivity (Wildman–Crippen MR) is 39.6 cm³/mol. The van der Waals surface area contributed by atoms with E-state index >= 15 is 0 Å². The third kappa shape index (κ3) is 3.21. The number of amides is 1. The van der Waals surface area contributed by atoms with E-state index in [2.05, 4.69) is 16.4 Å². The first-order valence-electron chi connectivity index (χ1n) is 2.28. The van der Waals surface area contributed by atoms with E-state index in [1.54, 1.807) is 0 Å². The first-order chi connectivity index (χ1) is 3.68. The summed E-state index contributed by atoms with van der Waals surface area (Å²) in [6.45, 7) is 3.67. The molecule has 0 unspecified atom stereocenters. The molecular weight excluding hydrogens is 142 g/mol. The maximum atomic E-state index is 10.6. The normalized spacial score (nSPS) is 9.50. The van der Waals surface area contributed by atoms with Gasteiger partial charge in [-0.05, 0) is 0 Å². The third-order valence-electron chi connectivity index (χ3n) is 0.671. The Hall–Kier alpha value is 0.170. The molecule has 0 aromatic heterocycles. The number of hydrogen-bond donors (Lipinski definition) is 2. The first kappa shape index (κ1) is 8.17. The van der Waals surface area contributed by atoms with Crippen LogP contribution < -0.4 is 4.72 Å². The van der Waals surface area contributed by atoms with Gasteiger partial charge >= 0.3 is 0 Å². The van der Waals surface area contributed by atoms with Gasteiger partial charge in [-0.3, -0.25) is 9.52 Å². The van der Waals surface area contributed by atoms with Crippen LogP contribution in [-0.2, 0) is 4.79 Å². The fourth-order valence-corrected chi connectivity index (χ4v) is 0.758. The molecule has 0 bridgehead atoms. The molecule has 0 saturated carbocycles. The predicted octanol–water partition coefficient (Wildman–Crippen LogP) is 1.25. The van der Waals surface area contributed by atoms with Gasteiger partial charge in [0.15, 0.2) is 0 Å². The van der Waals surface area contributed by atoms with E-state index in [0.29, 0.717) is 0 Å². The van der Waals surface area contributed by atoms with Crippen molar-refractivity contribution in [2.45, 2.75) is 13.8 Å². The van der Waals surface area contributed by atoms with Gasteiger partial charge in [0.1, 0.15) is 0 Å². The molecule has 2 nitrogen and oxygen atoms in total. The number of hydrogen-bond acceptors (Lipinski definition) is 3. The largest absolute Gasteiger partial charge is 0.291 e. The molecule has 0 heterocycles. The first-order valence-corrected chi connectivity index (χ1v) is 4.15. The Morgan fingerprint density at radius 1 is 1.75 bits per heavy atom. The highest BCUT2D eigenvalue weighted by Gasteiger charge is 2.03. The molecule has 0 rings (SSSR count). The second kappa shape index (κ2) is 4.09. The lowest BCUT2D eigenvalue weighted by Crippen LogP contribution is -2.19. The van der Waals surface area contributed by atoms with E-state index in [4.69, 9.17) is 0 Å².